The summed E-state index contributed by atoms with van der Waals surface area (Å²) in [7, 11) is 1.91. The highest BCUT2D eigenvalue weighted by molar-refractivity contribution is 5.61. The number of aryl methyl sites for hydroxylation is 1. The van der Waals surface area contributed by atoms with Crippen LogP contribution in [0, 0.1) is 6.92 Å². The fourth-order valence-electron chi connectivity index (χ4n) is 1.39. The number of hydrogen-bond donors (Lipinski definition) is 1. The standard InChI is InChI=1S/C12H13NO/c1-9-3-8-12(14-9)10-4-6-11(13-2)7-5-10/h3-8,13H,1-2H3. The Morgan fingerprint density at radius 2 is 1.71 bits per heavy atom. The Balaban J connectivity index is 2.33. The van der Waals surface area contributed by atoms with E-state index >= 15 is 0 Å². The van der Waals surface area contributed by atoms with Gasteiger partial charge in [-0.05, 0) is 43.3 Å². The molecule has 0 unspecified atom stereocenters. The molecule has 2 heteroatoms. The van der Waals surface area contributed by atoms with Crippen LogP contribution in [0.5, 0.6) is 0 Å². The third-order valence-corrected chi connectivity index (χ3v) is 2.20. The van der Waals surface area contributed by atoms with Gasteiger partial charge in [-0.1, -0.05) is 0 Å². The van der Waals surface area contributed by atoms with Crippen LogP contribution in [0.15, 0.2) is 40.8 Å². The number of nitrogens with one attached hydrogen (secondary N) is 1. The smallest absolute Gasteiger partial charge is 0.134 e. The zero-order valence-corrected chi connectivity index (χ0v) is 8.37. The zero-order chi connectivity index (χ0) is 9.97. The summed E-state index contributed by atoms with van der Waals surface area (Å²) in [6.45, 7) is 1.95. The fourth-order valence-corrected chi connectivity index (χ4v) is 1.39. The molecule has 14 heavy (non-hydrogen) atoms. The molecule has 0 saturated carbocycles. The highest BCUT2D eigenvalue weighted by Gasteiger charge is 2.01. The van der Waals surface area contributed by atoms with Gasteiger partial charge in [0.05, 0.1) is 0 Å². The third kappa shape index (κ3) is 1.64. The first-order valence-corrected chi connectivity index (χ1v) is 4.64. The molecule has 0 aliphatic rings. The second-order valence-corrected chi connectivity index (χ2v) is 3.24. The summed E-state index contributed by atoms with van der Waals surface area (Å²) in [6, 6.07) is 12.1. The van der Waals surface area contributed by atoms with E-state index in [-0.39, 0.29) is 0 Å². The van der Waals surface area contributed by atoms with Crippen molar-refractivity contribution in [2.45, 2.75) is 6.92 Å². The molecule has 2 aromatic rings. The summed E-state index contributed by atoms with van der Waals surface area (Å²) in [6.07, 6.45) is 0. The molecule has 1 heterocycles. The second kappa shape index (κ2) is 3.58. The van der Waals surface area contributed by atoms with Crippen LogP contribution in [-0.2, 0) is 0 Å². The van der Waals surface area contributed by atoms with E-state index in [2.05, 4.69) is 5.32 Å². The molecule has 2 rings (SSSR count). The maximum atomic E-state index is 5.52. The molecule has 0 amide bonds. The van der Waals surface area contributed by atoms with Crippen molar-refractivity contribution in [1.29, 1.82) is 0 Å². The van der Waals surface area contributed by atoms with E-state index < -0.39 is 0 Å². The highest BCUT2D eigenvalue weighted by Crippen LogP contribution is 2.23. The molecular weight excluding hydrogens is 174 g/mol. The van der Waals surface area contributed by atoms with Gasteiger partial charge in [-0.25, -0.2) is 0 Å². The average Bonchev–Trinajstić information content (AvgIpc) is 2.65. The van der Waals surface area contributed by atoms with E-state index in [4.69, 9.17) is 4.42 Å². The third-order valence-electron chi connectivity index (χ3n) is 2.20. The van der Waals surface area contributed by atoms with Gasteiger partial charge in [0.15, 0.2) is 0 Å². The number of rotatable bonds is 2. The van der Waals surface area contributed by atoms with Crippen molar-refractivity contribution in [2.75, 3.05) is 12.4 Å². The van der Waals surface area contributed by atoms with Gasteiger partial charge in [0.25, 0.3) is 0 Å². The minimum Gasteiger partial charge on any atom is -0.461 e. The summed E-state index contributed by atoms with van der Waals surface area (Å²) in [5.41, 5.74) is 2.22. The highest BCUT2D eigenvalue weighted by atomic mass is 16.3. The summed E-state index contributed by atoms with van der Waals surface area (Å²) >= 11 is 0. The van der Waals surface area contributed by atoms with E-state index in [0.29, 0.717) is 0 Å². The van der Waals surface area contributed by atoms with Gasteiger partial charge >= 0.3 is 0 Å². The van der Waals surface area contributed by atoms with Crippen LogP contribution in [0.25, 0.3) is 11.3 Å². The molecule has 1 aromatic heterocycles. The van der Waals surface area contributed by atoms with Crippen LogP contribution < -0.4 is 5.32 Å². The molecule has 0 aliphatic heterocycles. The lowest BCUT2D eigenvalue weighted by molar-refractivity contribution is 0.548. The molecule has 1 N–H and O–H groups in total. The maximum absolute atomic E-state index is 5.52. The van der Waals surface area contributed by atoms with Crippen molar-refractivity contribution in [3.05, 3.63) is 42.2 Å². The molecule has 0 saturated heterocycles. The molecule has 0 aliphatic carbocycles. The lowest BCUT2D eigenvalue weighted by Crippen LogP contribution is -1.86. The Morgan fingerprint density at radius 1 is 1.00 bits per heavy atom. The van der Waals surface area contributed by atoms with Crippen molar-refractivity contribution in [3.8, 4) is 11.3 Å². The number of anilines is 1. The number of furan rings is 1. The average molecular weight is 187 g/mol. The van der Waals surface area contributed by atoms with E-state index in [9.17, 15) is 0 Å². The zero-order valence-electron chi connectivity index (χ0n) is 8.37. The van der Waals surface area contributed by atoms with Crippen molar-refractivity contribution < 1.29 is 4.42 Å². The van der Waals surface area contributed by atoms with Crippen LogP contribution in [0.2, 0.25) is 0 Å². The summed E-state index contributed by atoms with van der Waals surface area (Å²) in [4.78, 5) is 0. The van der Waals surface area contributed by atoms with E-state index in [0.717, 1.165) is 22.8 Å². The fraction of sp³-hybridized carbons (Fsp3) is 0.167. The van der Waals surface area contributed by atoms with Gasteiger partial charge in [-0.15, -0.1) is 0 Å². The van der Waals surface area contributed by atoms with Gasteiger partial charge in [0.2, 0.25) is 0 Å². The van der Waals surface area contributed by atoms with E-state index in [1.54, 1.807) is 0 Å². The normalized spacial score (nSPS) is 10.1. The minimum absolute atomic E-state index is 0.921. The summed E-state index contributed by atoms with van der Waals surface area (Å²) in [5, 5.41) is 3.08. The first-order chi connectivity index (χ1) is 6.79. The van der Waals surface area contributed by atoms with E-state index in [1.165, 1.54) is 0 Å². The topological polar surface area (TPSA) is 25.2 Å². The lowest BCUT2D eigenvalue weighted by atomic mass is 10.1. The Morgan fingerprint density at radius 3 is 2.21 bits per heavy atom. The van der Waals surface area contributed by atoms with Gasteiger partial charge < -0.3 is 9.73 Å². The van der Waals surface area contributed by atoms with Crippen molar-refractivity contribution in [3.63, 3.8) is 0 Å². The molecule has 0 atom stereocenters. The minimum atomic E-state index is 0.921. The Hall–Kier alpha value is -1.70. The molecule has 1 aromatic carbocycles. The molecule has 2 nitrogen and oxygen atoms in total. The quantitative estimate of drug-likeness (QED) is 0.780. The first kappa shape index (κ1) is 8.88. The molecule has 0 fully saturated rings. The van der Waals surface area contributed by atoms with Crippen molar-refractivity contribution in [2.24, 2.45) is 0 Å². The molecule has 0 spiro atoms. The Bertz CT molecular complexity index is 414. The van der Waals surface area contributed by atoms with Crippen molar-refractivity contribution in [1.82, 2.24) is 0 Å². The van der Waals surface area contributed by atoms with Crippen molar-refractivity contribution >= 4 is 5.69 Å². The van der Waals surface area contributed by atoms with Gasteiger partial charge in [-0.2, -0.15) is 0 Å². The SMILES string of the molecule is CNc1ccc(-c2ccc(C)o2)cc1. The van der Waals surface area contributed by atoms with Gasteiger partial charge in [0, 0.05) is 18.3 Å². The largest absolute Gasteiger partial charge is 0.461 e. The van der Waals surface area contributed by atoms with Gasteiger partial charge in [-0.3, -0.25) is 0 Å². The van der Waals surface area contributed by atoms with Crippen LogP contribution in [0.3, 0.4) is 0 Å². The number of benzene rings is 1. The van der Waals surface area contributed by atoms with E-state index in [1.807, 2.05) is 50.4 Å². The molecule has 0 radical (unpaired) electrons. The first-order valence-electron chi connectivity index (χ1n) is 4.64. The van der Waals surface area contributed by atoms with Gasteiger partial charge in [0.1, 0.15) is 11.5 Å². The maximum Gasteiger partial charge on any atom is 0.134 e. The summed E-state index contributed by atoms with van der Waals surface area (Å²) in [5.74, 6) is 1.86. The monoisotopic (exact) mass is 187 g/mol. The predicted octanol–water partition coefficient (Wildman–Crippen LogP) is 3.30. The molecular formula is C12H13NO. The Labute approximate surface area is 83.6 Å². The van der Waals surface area contributed by atoms with Crippen LogP contribution in [0.4, 0.5) is 5.69 Å². The lowest BCUT2D eigenvalue weighted by Gasteiger charge is -2.00. The predicted molar refractivity (Wildman–Crippen MR) is 58.4 cm³/mol. The Kier molecular flexibility index (Phi) is 2.27. The molecule has 72 valence electrons. The second-order valence-electron chi connectivity index (χ2n) is 3.24. The number of hydrogen-bond acceptors (Lipinski definition) is 2. The van der Waals surface area contributed by atoms with Crippen LogP contribution in [-0.4, -0.2) is 7.05 Å². The van der Waals surface area contributed by atoms with Crippen LogP contribution >= 0.6 is 0 Å². The molecule has 0 bridgehead atoms. The van der Waals surface area contributed by atoms with Crippen LogP contribution in [0.1, 0.15) is 5.76 Å². The summed E-state index contributed by atoms with van der Waals surface area (Å²) < 4.78 is 5.52.